The van der Waals surface area contributed by atoms with Crippen LogP contribution in [-0.4, -0.2) is 5.91 Å². The normalized spacial score (nSPS) is 10.2. The molecule has 3 aromatic carbocycles. The van der Waals surface area contributed by atoms with Gasteiger partial charge < -0.3 is 5.32 Å². The van der Waals surface area contributed by atoms with Gasteiger partial charge in [0.15, 0.2) is 0 Å². The lowest BCUT2D eigenvalue weighted by Gasteiger charge is -2.11. The summed E-state index contributed by atoms with van der Waals surface area (Å²) in [5.41, 5.74) is 3.42. The first-order chi connectivity index (χ1) is 10.7. The highest BCUT2D eigenvalue weighted by Gasteiger charge is 2.09. The predicted octanol–water partition coefficient (Wildman–Crippen LogP) is 5.26. The van der Waals surface area contributed by atoms with Gasteiger partial charge in [-0.05, 0) is 35.9 Å². The van der Waals surface area contributed by atoms with Crippen molar-refractivity contribution in [1.29, 1.82) is 0 Å². The van der Waals surface area contributed by atoms with Crippen molar-refractivity contribution in [3.8, 4) is 11.1 Å². The molecule has 0 heterocycles. The number of rotatable bonds is 3. The van der Waals surface area contributed by atoms with Crippen molar-refractivity contribution in [3.05, 3.63) is 89.4 Å². The van der Waals surface area contributed by atoms with Gasteiger partial charge in [-0.25, -0.2) is 0 Å². The van der Waals surface area contributed by atoms with Gasteiger partial charge >= 0.3 is 0 Å². The summed E-state index contributed by atoms with van der Waals surface area (Å²) >= 11 is 5.85. The van der Waals surface area contributed by atoms with Crippen molar-refractivity contribution >= 4 is 23.2 Å². The van der Waals surface area contributed by atoms with E-state index in [2.05, 4.69) is 5.32 Å². The van der Waals surface area contributed by atoms with E-state index in [4.69, 9.17) is 11.6 Å². The van der Waals surface area contributed by atoms with Crippen LogP contribution in [0.15, 0.2) is 78.9 Å². The summed E-state index contributed by atoms with van der Waals surface area (Å²) in [5.74, 6) is -0.153. The first-order valence-electron chi connectivity index (χ1n) is 6.95. The minimum atomic E-state index is -0.153. The Bertz CT molecular complexity index is 782. The monoisotopic (exact) mass is 307 g/mol. The molecule has 0 saturated carbocycles. The minimum Gasteiger partial charge on any atom is -0.321 e. The fourth-order valence-electron chi connectivity index (χ4n) is 2.26. The van der Waals surface area contributed by atoms with E-state index in [1.54, 1.807) is 24.3 Å². The van der Waals surface area contributed by atoms with E-state index in [1.807, 2.05) is 54.6 Å². The summed E-state index contributed by atoms with van der Waals surface area (Å²) in [5, 5.41) is 3.57. The average molecular weight is 308 g/mol. The van der Waals surface area contributed by atoms with Crippen molar-refractivity contribution in [2.45, 2.75) is 0 Å². The first-order valence-corrected chi connectivity index (χ1v) is 7.33. The smallest absolute Gasteiger partial charge is 0.255 e. The summed E-state index contributed by atoms with van der Waals surface area (Å²) in [6.45, 7) is 0. The zero-order chi connectivity index (χ0) is 15.4. The number of hydrogen-bond acceptors (Lipinski definition) is 1. The Morgan fingerprint density at radius 1 is 0.773 bits per heavy atom. The lowest BCUT2D eigenvalue weighted by Crippen LogP contribution is -2.12. The summed E-state index contributed by atoms with van der Waals surface area (Å²) in [4.78, 5) is 12.4. The Morgan fingerprint density at radius 3 is 2.14 bits per heavy atom. The number of anilines is 1. The van der Waals surface area contributed by atoms with Gasteiger partial charge in [-0.2, -0.15) is 0 Å². The van der Waals surface area contributed by atoms with E-state index in [1.165, 1.54) is 0 Å². The zero-order valence-electron chi connectivity index (χ0n) is 11.8. The van der Waals surface area contributed by atoms with Crippen molar-refractivity contribution in [2.24, 2.45) is 0 Å². The molecule has 0 aliphatic heterocycles. The Morgan fingerprint density at radius 2 is 1.41 bits per heavy atom. The molecule has 1 N–H and O–H groups in total. The van der Waals surface area contributed by atoms with Gasteiger partial charge in [-0.3, -0.25) is 4.79 Å². The van der Waals surface area contributed by atoms with Gasteiger partial charge in [0.25, 0.3) is 5.91 Å². The quantitative estimate of drug-likeness (QED) is 0.702. The van der Waals surface area contributed by atoms with E-state index in [0.29, 0.717) is 10.6 Å². The third kappa shape index (κ3) is 3.18. The van der Waals surface area contributed by atoms with Gasteiger partial charge in [-0.1, -0.05) is 60.1 Å². The van der Waals surface area contributed by atoms with Crippen LogP contribution in [0.25, 0.3) is 11.1 Å². The number of halogens is 1. The second kappa shape index (κ2) is 6.46. The maximum Gasteiger partial charge on any atom is 0.255 e. The van der Waals surface area contributed by atoms with Gasteiger partial charge in [0, 0.05) is 21.8 Å². The van der Waals surface area contributed by atoms with Crippen molar-refractivity contribution in [3.63, 3.8) is 0 Å². The van der Waals surface area contributed by atoms with E-state index in [9.17, 15) is 4.79 Å². The maximum atomic E-state index is 12.4. The molecule has 0 spiro atoms. The SMILES string of the molecule is O=C(Nc1ccccc1-c1ccccc1)c1ccc(Cl)cc1. The molecular formula is C19H14ClNO. The Kier molecular flexibility index (Phi) is 4.22. The molecule has 1 amide bonds. The van der Waals surface area contributed by atoms with Gasteiger partial charge in [0.1, 0.15) is 0 Å². The number of carbonyl (C=O) groups excluding carboxylic acids is 1. The lowest BCUT2D eigenvalue weighted by molar-refractivity contribution is 0.102. The summed E-state index contributed by atoms with van der Waals surface area (Å²) in [6, 6.07) is 24.6. The Labute approximate surface area is 134 Å². The fourth-order valence-corrected chi connectivity index (χ4v) is 2.38. The van der Waals surface area contributed by atoms with E-state index in [0.717, 1.165) is 16.8 Å². The molecule has 0 aliphatic rings. The van der Waals surface area contributed by atoms with E-state index >= 15 is 0 Å². The van der Waals surface area contributed by atoms with Crippen LogP contribution in [0.5, 0.6) is 0 Å². The minimum absolute atomic E-state index is 0.153. The highest BCUT2D eigenvalue weighted by Crippen LogP contribution is 2.27. The number of benzene rings is 3. The average Bonchev–Trinajstić information content (AvgIpc) is 2.57. The molecule has 0 saturated heterocycles. The van der Waals surface area contributed by atoms with Crippen LogP contribution in [0.2, 0.25) is 5.02 Å². The molecule has 0 bridgehead atoms. The fraction of sp³-hybridized carbons (Fsp3) is 0. The number of nitrogens with one attached hydrogen (secondary N) is 1. The lowest BCUT2D eigenvalue weighted by atomic mass is 10.0. The van der Waals surface area contributed by atoms with E-state index < -0.39 is 0 Å². The molecule has 0 aromatic heterocycles. The van der Waals surface area contributed by atoms with Gasteiger partial charge in [0.2, 0.25) is 0 Å². The Balaban J connectivity index is 1.90. The molecule has 108 valence electrons. The maximum absolute atomic E-state index is 12.4. The molecular weight excluding hydrogens is 294 g/mol. The topological polar surface area (TPSA) is 29.1 Å². The number of hydrogen-bond donors (Lipinski definition) is 1. The standard InChI is InChI=1S/C19H14ClNO/c20-16-12-10-15(11-13-16)19(22)21-18-9-5-4-8-17(18)14-6-2-1-3-7-14/h1-13H,(H,21,22). The molecule has 3 aromatic rings. The number of carbonyl (C=O) groups is 1. The van der Waals surface area contributed by atoms with Crippen molar-refractivity contribution in [1.82, 2.24) is 0 Å². The van der Waals surface area contributed by atoms with Crippen LogP contribution in [0, 0.1) is 0 Å². The molecule has 0 aliphatic carbocycles. The molecule has 3 heteroatoms. The first kappa shape index (κ1) is 14.4. The van der Waals surface area contributed by atoms with Crippen LogP contribution in [-0.2, 0) is 0 Å². The summed E-state index contributed by atoms with van der Waals surface area (Å²) in [6.07, 6.45) is 0. The van der Waals surface area contributed by atoms with Crippen LogP contribution < -0.4 is 5.32 Å². The zero-order valence-corrected chi connectivity index (χ0v) is 12.5. The molecule has 0 fully saturated rings. The van der Waals surface area contributed by atoms with Crippen LogP contribution >= 0.6 is 11.6 Å². The highest BCUT2D eigenvalue weighted by molar-refractivity contribution is 6.30. The highest BCUT2D eigenvalue weighted by atomic mass is 35.5. The largest absolute Gasteiger partial charge is 0.321 e. The van der Waals surface area contributed by atoms with Gasteiger partial charge in [0.05, 0.1) is 0 Å². The van der Waals surface area contributed by atoms with Crippen LogP contribution in [0.1, 0.15) is 10.4 Å². The summed E-state index contributed by atoms with van der Waals surface area (Å²) in [7, 11) is 0. The second-order valence-electron chi connectivity index (χ2n) is 4.87. The predicted molar refractivity (Wildman–Crippen MR) is 91.3 cm³/mol. The van der Waals surface area contributed by atoms with Gasteiger partial charge in [-0.15, -0.1) is 0 Å². The third-order valence-electron chi connectivity index (χ3n) is 3.37. The van der Waals surface area contributed by atoms with Crippen LogP contribution in [0.4, 0.5) is 5.69 Å². The summed E-state index contributed by atoms with van der Waals surface area (Å²) < 4.78 is 0. The van der Waals surface area contributed by atoms with Crippen LogP contribution in [0.3, 0.4) is 0 Å². The second-order valence-corrected chi connectivity index (χ2v) is 5.31. The number of amides is 1. The van der Waals surface area contributed by atoms with E-state index in [-0.39, 0.29) is 5.91 Å². The molecule has 0 atom stereocenters. The molecule has 0 radical (unpaired) electrons. The number of para-hydroxylation sites is 1. The molecule has 0 unspecified atom stereocenters. The third-order valence-corrected chi connectivity index (χ3v) is 3.62. The van der Waals surface area contributed by atoms with Crippen molar-refractivity contribution < 1.29 is 4.79 Å². The van der Waals surface area contributed by atoms with Crippen molar-refractivity contribution in [2.75, 3.05) is 5.32 Å². The molecule has 2 nitrogen and oxygen atoms in total. The molecule has 3 rings (SSSR count). The Hall–Kier alpha value is -2.58. The molecule has 22 heavy (non-hydrogen) atoms.